The molecule has 0 aliphatic rings. The lowest BCUT2D eigenvalue weighted by atomic mass is 10.00. The van der Waals surface area contributed by atoms with Gasteiger partial charge in [-0.1, -0.05) is 6.92 Å². The van der Waals surface area contributed by atoms with Gasteiger partial charge >= 0.3 is 5.97 Å². The second kappa shape index (κ2) is 5.53. The Balaban J connectivity index is 2.99. The maximum Gasteiger partial charge on any atom is 0.335 e. The number of carboxylic acids is 1. The summed E-state index contributed by atoms with van der Waals surface area (Å²) in [6.07, 6.45) is 0.133. The van der Waals surface area contributed by atoms with E-state index >= 15 is 0 Å². The molecule has 0 aliphatic carbocycles. The first-order chi connectivity index (χ1) is 9.79. The van der Waals surface area contributed by atoms with Gasteiger partial charge in [0.15, 0.2) is 0 Å². The Morgan fingerprint density at radius 1 is 1.29 bits per heavy atom. The Kier molecular flexibility index (Phi) is 4.10. The number of benzene rings is 1. The van der Waals surface area contributed by atoms with Crippen LogP contribution in [0, 0.1) is 6.92 Å². The topological polar surface area (TPSA) is 62.5 Å². The van der Waals surface area contributed by atoms with Crippen LogP contribution >= 0.6 is 0 Å². The fraction of sp³-hybridized carbons (Fsp3) is 0.471. The number of carbonyl (C=O) groups is 1. The smallest absolute Gasteiger partial charge is 0.335 e. The lowest BCUT2D eigenvalue weighted by molar-refractivity contribution is 0.0697. The molecule has 21 heavy (non-hydrogen) atoms. The van der Waals surface area contributed by atoms with E-state index in [1.165, 1.54) is 0 Å². The van der Waals surface area contributed by atoms with Gasteiger partial charge in [-0.15, -0.1) is 0 Å². The first-order valence-electron chi connectivity index (χ1n) is 7.38. The molecule has 0 radical (unpaired) electrons. The monoisotopic (exact) mass is 289 g/mol. The predicted octanol–water partition coefficient (Wildman–Crippen LogP) is 3.84. The van der Waals surface area contributed by atoms with Crippen molar-refractivity contribution in [2.75, 3.05) is 0 Å². The van der Waals surface area contributed by atoms with E-state index in [1.807, 2.05) is 13.8 Å². The second-order valence-electron chi connectivity index (χ2n) is 5.83. The minimum Gasteiger partial charge on any atom is -0.478 e. The molecule has 1 aromatic heterocycles. The summed E-state index contributed by atoms with van der Waals surface area (Å²) < 4.78 is 2.20. The number of aliphatic hydroxyl groups is 1. The molecule has 0 fully saturated rings. The number of aliphatic hydroxyl groups excluding tert-OH is 1. The van der Waals surface area contributed by atoms with Gasteiger partial charge in [-0.05, 0) is 51.8 Å². The number of aryl methyl sites for hydroxylation is 1. The molecule has 2 rings (SSSR count). The number of nitrogens with zero attached hydrogens (tertiary/aromatic N) is 1. The van der Waals surface area contributed by atoms with Crippen molar-refractivity contribution in [3.63, 3.8) is 0 Å². The standard InChI is InChI=1S/C17H23NO3/c1-6-12-7-13(17(20)21)8-14-15(11(5)19)10(4)18(9(2)3)16(12)14/h7-9,11,19H,6H2,1-5H3,(H,20,21). The number of aromatic carboxylic acids is 1. The molecule has 0 amide bonds. The van der Waals surface area contributed by atoms with Gasteiger partial charge < -0.3 is 14.8 Å². The summed E-state index contributed by atoms with van der Waals surface area (Å²) in [5.41, 5.74) is 4.17. The van der Waals surface area contributed by atoms with Crippen molar-refractivity contribution >= 4 is 16.9 Å². The minimum atomic E-state index is -0.932. The average Bonchev–Trinajstić information content (AvgIpc) is 2.69. The number of aromatic nitrogens is 1. The van der Waals surface area contributed by atoms with Crippen LogP contribution in [0.15, 0.2) is 12.1 Å². The molecule has 0 saturated heterocycles. The molecule has 2 N–H and O–H groups in total. The summed E-state index contributed by atoms with van der Waals surface area (Å²) >= 11 is 0. The second-order valence-corrected chi connectivity index (χ2v) is 5.83. The normalized spacial score (nSPS) is 13.1. The highest BCUT2D eigenvalue weighted by atomic mass is 16.4. The maximum atomic E-state index is 11.4. The molecule has 0 saturated carbocycles. The van der Waals surface area contributed by atoms with Crippen molar-refractivity contribution in [2.45, 2.75) is 53.2 Å². The Labute approximate surface area is 125 Å². The molecule has 114 valence electrons. The highest BCUT2D eigenvalue weighted by Crippen LogP contribution is 2.36. The van der Waals surface area contributed by atoms with Crippen LogP contribution in [-0.2, 0) is 6.42 Å². The molecule has 4 nitrogen and oxygen atoms in total. The van der Waals surface area contributed by atoms with Crippen molar-refractivity contribution in [3.05, 3.63) is 34.5 Å². The van der Waals surface area contributed by atoms with Crippen LogP contribution in [0.5, 0.6) is 0 Å². The predicted molar refractivity (Wildman–Crippen MR) is 84.0 cm³/mol. The number of fused-ring (bicyclic) bond motifs is 1. The third-order valence-electron chi connectivity index (χ3n) is 4.03. The van der Waals surface area contributed by atoms with Crippen molar-refractivity contribution < 1.29 is 15.0 Å². The van der Waals surface area contributed by atoms with Crippen LogP contribution in [0.4, 0.5) is 0 Å². The lowest BCUT2D eigenvalue weighted by Crippen LogP contribution is -2.06. The van der Waals surface area contributed by atoms with Gasteiger partial charge in [-0.3, -0.25) is 0 Å². The molecular formula is C17H23NO3. The van der Waals surface area contributed by atoms with E-state index in [4.69, 9.17) is 0 Å². The zero-order valence-electron chi connectivity index (χ0n) is 13.3. The Morgan fingerprint density at radius 3 is 2.33 bits per heavy atom. The van der Waals surface area contributed by atoms with Crippen molar-refractivity contribution in [2.24, 2.45) is 0 Å². The highest BCUT2D eigenvalue weighted by molar-refractivity contribution is 5.97. The zero-order chi connectivity index (χ0) is 15.9. The first-order valence-corrected chi connectivity index (χ1v) is 7.38. The molecule has 1 unspecified atom stereocenters. The molecule has 0 spiro atoms. The van der Waals surface area contributed by atoms with Crippen molar-refractivity contribution in [1.29, 1.82) is 0 Å². The summed E-state index contributed by atoms with van der Waals surface area (Å²) in [6.45, 7) is 9.94. The lowest BCUT2D eigenvalue weighted by Gasteiger charge is -2.15. The van der Waals surface area contributed by atoms with E-state index in [1.54, 1.807) is 19.1 Å². The fourth-order valence-corrected chi connectivity index (χ4v) is 3.24. The molecular weight excluding hydrogens is 266 g/mol. The average molecular weight is 289 g/mol. The van der Waals surface area contributed by atoms with Crippen LogP contribution in [0.3, 0.4) is 0 Å². The third-order valence-corrected chi connectivity index (χ3v) is 4.03. The van der Waals surface area contributed by atoms with E-state index in [9.17, 15) is 15.0 Å². The number of carboxylic acid groups (broad SMARTS) is 1. The van der Waals surface area contributed by atoms with Crippen LogP contribution in [-0.4, -0.2) is 20.7 Å². The molecule has 1 atom stereocenters. The van der Waals surface area contributed by atoms with Gasteiger partial charge in [-0.2, -0.15) is 0 Å². The molecule has 2 aromatic rings. The van der Waals surface area contributed by atoms with Crippen LogP contribution in [0.2, 0.25) is 0 Å². The van der Waals surface area contributed by atoms with Gasteiger partial charge in [0.1, 0.15) is 0 Å². The summed E-state index contributed by atoms with van der Waals surface area (Å²) in [5.74, 6) is -0.932. The highest BCUT2D eigenvalue weighted by Gasteiger charge is 2.22. The number of rotatable bonds is 4. The fourth-order valence-electron chi connectivity index (χ4n) is 3.24. The van der Waals surface area contributed by atoms with Crippen LogP contribution in [0.1, 0.15) is 67.0 Å². The van der Waals surface area contributed by atoms with E-state index in [2.05, 4.69) is 18.4 Å². The largest absolute Gasteiger partial charge is 0.478 e. The SMILES string of the molecule is CCc1cc(C(=O)O)cc2c(C(C)O)c(C)n(C(C)C)c12. The summed E-state index contributed by atoms with van der Waals surface area (Å²) in [6, 6.07) is 3.68. The summed E-state index contributed by atoms with van der Waals surface area (Å²) in [4.78, 5) is 11.4. The Morgan fingerprint density at radius 2 is 1.90 bits per heavy atom. The third kappa shape index (κ3) is 2.44. The molecule has 1 heterocycles. The first kappa shape index (κ1) is 15.6. The van der Waals surface area contributed by atoms with E-state index in [0.717, 1.165) is 34.1 Å². The Bertz CT molecular complexity index is 696. The van der Waals surface area contributed by atoms with Crippen molar-refractivity contribution in [1.82, 2.24) is 4.57 Å². The molecule has 1 aromatic carbocycles. The van der Waals surface area contributed by atoms with Gasteiger partial charge in [0.2, 0.25) is 0 Å². The van der Waals surface area contributed by atoms with Crippen LogP contribution < -0.4 is 0 Å². The van der Waals surface area contributed by atoms with Gasteiger partial charge in [0.25, 0.3) is 0 Å². The van der Waals surface area contributed by atoms with E-state index in [-0.39, 0.29) is 11.6 Å². The van der Waals surface area contributed by atoms with E-state index in [0.29, 0.717) is 0 Å². The molecule has 4 heteroatoms. The quantitative estimate of drug-likeness (QED) is 0.898. The summed E-state index contributed by atoms with van der Waals surface area (Å²) in [7, 11) is 0. The Hall–Kier alpha value is -1.81. The van der Waals surface area contributed by atoms with Gasteiger partial charge in [-0.25, -0.2) is 4.79 Å². The number of hydrogen-bond acceptors (Lipinski definition) is 2. The molecule has 0 bridgehead atoms. The molecule has 0 aliphatic heterocycles. The minimum absolute atomic E-state index is 0.251. The summed E-state index contributed by atoms with van der Waals surface area (Å²) in [5, 5.41) is 20.3. The van der Waals surface area contributed by atoms with Crippen LogP contribution in [0.25, 0.3) is 10.9 Å². The zero-order valence-corrected chi connectivity index (χ0v) is 13.3. The van der Waals surface area contributed by atoms with Crippen molar-refractivity contribution in [3.8, 4) is 0 Å². The maximum absolute atomic E-state index is 11.4. The van der Waals surface area contributed by atoms with Gasteiger partial charge in [0.05, 0.1) is 17.2 Å². The number of hydrogen-bond donors (Lipinski definition) is 2. The van der Waals surface area contributed by atoms with Gasteiger partial charge in [0, 0.05) is 22.7 Å². The van der Waals surface area contributed by atoms with E-state index < -0.39 is 12.1 Å².